The molecule has 2 aliphatic rings. The van der Waals surface area contributed by atoms with Crippen molar-refractivity contribution in [1.29, 1.82) is 0 Å². The van der Waals surface area contributed by atoms with Crippen molar-refractivity contribution < 1.29 is 19.2 Å². The van der Waals surface area contributed by atoms with E-state index in [2.05, 4.69) is 5.16 Å². The minimum absolute atomic E-state index is 0.172. The molecule has 1 saturated heterocycles. The smallest absolute Gasteiger partial charge is 0.341 e. The molecule has 5 nitrogen and oxygen atoms in total. The summed E-state index contributed by atoms with van der Waals surface area (Å²) in [5.74, 6) is 0.127. The van der Waals surface area contributed by atoms with Crippen LogP contribution in [0, 0.1) is 0 Å². The molecule has 2 heterocycles. The topological polar surface area (TPSA) is 72.6 Å². The largest absolute Gasteiger partial charge is 0.477 e. The molecule has 0 aromatic carbocycles. The number of hydrogen-bond donors (Lipinski definition) is 1. The average molecular weight is 237 g/mol. The van der Waals surface area contributed by atoms with Gasteiger partial charge in [0.25, 0.3) is 0 Å². The lowest BCUT2D eigenvalue weighted by Crippen LogP contribution is -2.17. The van der Waals surface area contributed by atoms with Crippen LogP contribution in [0.1, 0.15) is 59.3 Å². The molecular weight excluding hydrogens is 222 g/mol. The molecule has 0 spiro atoms. The van der Waals surface area contributed by atoms with Crippen molar-refractivity contribution in [3.63, 3.8) is 0 Å². The molecule has 1 aliphatic carbocycles. The minimum atomic E-state index is -0.908. The molecular formula is C12H15NO4. The van der Waals surface area contributed by atoms with Crippen molar-refractivity contribution in [3.8, 4) is 0 Å². The zero-order chi connectivity index (χ0) is 11.8. The quantitative estimate of drug-likeness (QED) is 0.871. The zero-order valence-electron chi connectivity index (χ0n) is 9.52. The second-order valence-electron chi connectivity index (χ2n) is 4.77. The van der Waals surface area contributed by atoms with E-state index in [0.29, 0.717) is 30.2 Å². The fourth-order valence-electron chi connectivity index (χ4n) is 2.40. The number of aromatic nitrogens is 1. The summed E-state index contributed by atoms with van der Waals surface area (Å²) in [4.78, 5) is 11.3. The SMILES string of the molecule is O=C(O)c1c(C2CCOCC2)noc1C1CC1. The molecule has 0 atom stereocenters. The molecule has 92 valence electrons. The summed E-state index contributed by atoms with van der Waals surface area (Å²) in [7, 11) is 0. The molecule has 0 bridgehead atoms. The molecule has 1 N–H and O–H groups in total. The standard InChI is InChI=1S/C12H15NO4/c14-12(15)9-10(7-3-5-16-6-4-7)13-17-11(9)8-1-2-8/h7-8H,1-6H2,(H,14,15). The predicted molar refractivity (Wildman–Crippen MR) is 58.2 cm³/mol. The van der Waals surface area contributed by atoms with Crippen LogP contribution in [0.4, 0.5) is 0 Å². The average Bonchev–Trinajstić information content (AvgIpc) is 3.08. The second-order valence-corrected chi connectivity index (χ2v) is 4.77. The first-order valence-corrected chi connectivity index (χ1v) is 6.08. The van der Waals surface area contributed by atoms with Gasteiger partial charge in [0.15, 0.2) is 5.76 Å². The lowest BCUT2D eigenvalue weighted by atomic mass is 9.92. The van der Waals surface area contributed by atoms with Crippen LogP contribution in [0.25, 0.3) is 0 Å². The fraction of sp³-hybridized carbons (Fsp3) is 0.667. The van der Waals surface area contributed by atoms with Crippen LogP contribution >= 0.6 is 0 Å². The molecule has 1 aliphatic heterocycles. The Balaban J connectivity index is 1.94. The third-order valence-electron chi connectivity index (χ3n) is 3.51. The van der Waals surface area contributed by atoms with Gasteiger partial charge in [-0.1, -0.05) is 5.16 Å². The second kappa shape index (κ2) is 4.14. The summed E-state index contributed by atoms with van der Waals surface area (Å²) >= 11 is 0. The molecule has 3 rings (SSSR count). The van der Waals surface area contributed by atoms with E-state index >= 15 is 0 Å². The lowest BCUT2D eigenvalue weighted by Gasteiger charge is -2.20. The number of ether oxygens (including phenoxy) is 1. The molecule has 0 unspecified atom stereocenters. The van der Waals surface area contributed by atoms with E-state index in [1.807, 2.05) is 0 Å². The zero-order valence-corrected chi connectivity index (χ0v) is 9.52. The monoisotopic (exact) mass is 237 g/mol. The summed E-state index contributed by atoms with van der Waals surface area (Å²) in [6.07, 6.45) is 3.69. The van der Waals surface area contributed by atoms with Crippen molar-refractivity contribution in [2.75, 3.05) is 13.2 Å². The lowest BCUT2D eigenvalue weighted by molar-refractivity contribution is 0.0683. The van der Waals surface area contributed by atoms with Gasteiger partial charge in [-0.25, -0.2) is 4.79 Å². The summed E-state index contributed by atoms with van der Waals surface area (Å²) in [5.41, 5.74) is 0.946. The fourth-order valence-corrected chi connectivity index (χ4v) is 2.40. The first kappa shape index (κ1) is 10.8. The van der Waals surface area contributed by atoms with Gasteiger partial charge in [0, 0.05) is 25.0 Å². The number of rotatable bonds is 3. The van der Waals surface area contributed by atoms with E-state index in [1.54, 1.807) is 0 Å². The van der Waals surface area contributed by atoms with Crippen LogP contribution in [0.3, 0.4) is 0 Å². The Bertz CT molecular complexity index is 430. The number of carbonyl (C=O) groups is 1. The Labute approximate surface area is 98.7 Å². The molecule has 5 heteroatoms. The molecule has 1 aromatic heterocycles. The normalized spacial score (nSPS) is 21.6. The Morgan fingerprint density at radius 3 is 2.47 bits per heavy atom. The number of aromatic carboxylic acids is 1. The maximum absolute atomic E-state index is 11.3. The van der Waals surface area contributed by atoms with Gasteiger partial charge in [0.2, 0.25) is 0 Å². The van der Waals surface area contributed by atoms with Gasteiger partial charge in [-0.05, 0) is 25.7 Å². The third kappa shape index (κ3) is 1.95. The molecule has 1 aromatic rings. The predicted octanol–water partition coefficient (Wildman–Crippen LogP) is 2.14. The third-order valence-corrected chi connectivity index (χ3v) is 3.51. The highest BCUT2D eigenvalue weighted by Crippen LogP contribution is 2.44. The van der Waals surface area contributed by atoms with Gasteiger partial charge in [-0.2, -0.15) is 0 Å². The van der Waals surface area contributed by atoms with Crippen LogP contribution < -0.4 is 0 Å². The molecule has 1 saturated carbocycles. The van der Waals surface area contributed by atoms with Gasteiger partial charge < -0.3 is 14.4 Å². The Morgan fingerprint density at radius 2 is 1.88 bits per heavy atom. The Morgan fingerprint density at radius 1 is 1.18 bits per heavy atom. The van der Waals surface area contributed by atoms with Crippen molar-refractivity contribution in [1.82, 2.24) is 5.16 Å². The van der Waals surface area contributed by atoms with Crippen LogP contribution in [-0.4, -0.2) is 29.4 Å². The Hall–Kier alpha value is -1.36. The highest BCUT2D eigenvalue weighted by molar-refractivity contribution is 5.90. The maximum Gasteiger partial charge on any atom is 0.341 e. The number of carboxylic acid groups (broad SMARTS) is 1. The van der Waals surface area contributed by atoms with Gasteiger partial charge in [-0.15, -0.1) is 0 Å². The van der Waals surface area contributed by atoms with E-state index < -0.39 is 5.97 Å². The minimum Gasteiger partial charge on any atom is -0.477 e. The summed E-state index contributed by atoms with van der Waals surface area (Å²) in [6.45, 7) is 1.35. The van der Waals surface area contributed by atoms with Crippen LogP contribution in [0.5, 0.6) is 0 Å². The van der Waals surface area contributed by atoms with Gasteiger partial charge >= 0.3 is 5.97 Å². The Kier molecular flexibility index (Phi) is 2.63. The number of hydrogen-bond acceptors (Lipinski definition) is 4. The van der Waals surface area contributed by atoms with E-state index in [4.69, 9.17) is 9.26 Å². The van der Waals surface area contributed by atoms with Gasteiger partial charge in [0.1, 0.15) is 11.3 Å². The van der Waals surface area contributed by atoms with E-state index in [9.17, 15) is 9.90 Å². The first-order valence-electron chi connectivity index (χ1n) is 6.08. The van der Waals surface area contributed by atoms with Crippen molar-refractivity contribution in [2.45, 2.75) is 37.5 Å². The van der Waals surface area contributed by atoms with Crippen LogP contribution in [0.15, 0.2) is 4.52 Å². The highest BCUT2D eigenvalue weighted by atomic mass is 16.5. The van der Waals surface area contributed by atoms with E-state index in [-0.39, 0.29) is 11.8 Å². The summed E-state index contributed by atoms with van der Waals surface area (Å²) in [6, 6.07) is 0. The number of carboxylic acids is 1. The first-order chi connectivity index (χ1) is 8.27. The summed E-state index contributed by atoms with van der Waals surface area (Å²) in [5, 5.41) is 13.3. The number of nitrogens with zero attached hydrogens (tertiary/aromatic N) is 1. The van der Waals surface area contributed by atoms with E-state index in [1.165, 1.54) is 0 Å². The van der Waals surface area contributed by atoms with Crippen LogP contribution in [0.2, 0.25) is 0 Å². The van der Waals surface area contributed by atoms with Gasteiger partial charge in [-0.3, -0.25) is 0 Å². The maximum atomic E-state index is 11.3. The summed E-state index contributed by atoms with van der Waals surface area (Å²) < 4.78 is 10.5. The van der Waals surface area contributed by atoms with Crippen molar-refractivity contribution in [3.05, 3.63) is 17.0 Å². The molecule has 0 radical (unpaired) electrons. The molecule has 2 fully saturated rings. The van der Waals surface area contributed by atoms with Crippen molar-refractivity contribution in [2.24, 2.45) is 0 Å². The highest BCUT2D eigenvalue weighted by Gasteiger charge is 2.37. The molecule has 17 heavy (non-hydrogen) atoms. The van der Waals surface area contributed by atoms with Crippen molar-refractivity contribution >= 4 is 5.97 Å². The van der Waals surface area contributed by atoms with E-state index in [0.717, 1.165) is 25.7 Å². The van der Waals surface area contributed by atoms with Gasteiger partial charge in [0.05, 0.1) is 0 Å². The van der Waals surface area contributed by atoms with Crippen LogP contribution in [-0.2, 0) is 4.74 Å². The molecule has 0 amide bonds.